The van der Waals surface area contributed by atoms with Gasteiger partial charge in [0.25, 0.3) is 5.56 Å². The van der Waals surface area contributed by atoms with Crippen molar-refractivity contribution in [1.82, 2.24) is 18.7 Å². The van der Waals surface area contributed by atoms with Gasteiger partial charge in [-0.25, -0.2) is 9.78 Å². The topological polar surface area (TPSA) is 92.6 Å². The summed E-state index contributed by atoms with van der Waals surface area (Å²) in [6.07, 6.45) is 3.52. The number of nitrogens with one attached hydrogen (secondary N) is 1. The van der Waals surface area contributed by atoms with Crippen LogP contribution in [0.4, 0.5) is 0 Å². The van der Waals surface area contributed by atoms with Crippen LogP contribution in [0.1, 0.15) is 32.0 Å². The maximum Gasteiger partial charge on any atom is 0.332 e. The van der Waals surface area contributed by atoms with Gasteiger partial charge in [0.2, 0.25) is 0 Å². The van der Waals surface area contributed by atoms with Gasteiger partial charge in [-0.15, -0.1) is 0 Å². The molecule has 0 bridgehead atoms. The number of piperidine rings is 1. The largest absolute Gasteiger partial charge is 0.468 e. The number of aromatic nitrogens is 4. The molecule has 1 unspecified atom stereocenters. The van der Waals surface area contributed by atoms with Crippen molar-refractivity contribution in [2.24, 2.45) is 14.1 Å². The maximum atomic E-state index is 12.7. The van der Waals surface area contributed by atoms with Gasteiger partial charge in [0.1, 0.15) is 13.1 Å². The summed E-state index contributed by atoms with van der Waals surface area (Å²) in [5.41, 5.74) is -0.317. The molecule has 3 heterocycles. The summed E-state index contributed by atoms with van der Waals surface area (Å²) in [5.74, 6) is 0.176. The number of esters is 1. The van der Waals surface area contributed by atoms with Crippen molar-refractivity contribution in [3.63, 3.8) is 0 Å². The van der Waals surface area contributed by atoms with Crippen LogP contribution in [-0.2, 0) is 36.7 Å². The summed E-state index contributed by atoms with van der Waals surface area (Å²) in [5, 5.41) is 0. The Labute approximate surface area is 150 Å². The third-order valence-electron chi connectivity index (χ3n) is 5.41. The van der Waals surface area contributed by atoms with Crippen LogP contribution < -0.4 is 16.1 Å². The minimum Gasteiger partial charge on any atom is -0.468 e. The van der Waals surface area contributed by atoms with Crippen molar-refractivity contribution < 1.29 is 14.4 Å². The number of rotatable bonds is 4. The molecule has 0 aliphatic carbocycles. The lowest BCUT2D eigenvalue weighted by Crippen LogP contribution is -3.15. The number of carbonyl (C=O) groups excluding carboxylic acids is 1. The summed E-state index contributed by atoms with van der Waals surface area (Å²) >= 11 is 0. The second kappa shape index (κ2) is 7.06. The number of fused-ring (bicyclic) bond motifs is 1. The van der Waals surface area contributed by atoms with Gasteiger partial charge in [-0.2, -0.15) is 0 Å². The highest BCUT2D eigenvalue weighted by Crippen LogP contribution is 2.12. The predicted octanol–water partition coefficient (Wildman–Crippen LogP) is -1.44. The number of imidazole rings is 1. The molecule has 1 fully saturated rings. The number of ether oxygens (including phenoxy) is 1. The van der Waals surface area contributed by atoms with Crippen LogP contribution >= 0.6 is 0 Å². The average molecular weight is 364 g/mol. The van der Waals surface area contributed by atoms with E-state index in [1.54, 1.807) is 11.6 Å². The van der Waals surface area contributed by atoms with E-state index in [4.69, 9.17) is 4.74 Å². The second-order valence-electron chi connectivity index (χ2n) is 7.05. The molecule has 0 radical (unpaired) electrons. The van der Waals surface area contributed by atoms with Crippen LogP contribution in [0.25, 0.3) is 11.2 Å². The van der Waals surface area contributed by atoms with E-state index in [2.05, 4.69) is 11.9 Å². The molecule has 9 heteroatoms. The fourth-order valence-corrected chi connectivity index (χ4v) is 3.71. The highest BCUT2D eigenvalue weighted by molar-refractivity contribution is 5.75. The maximum absolute atomic E-state index is 12.7. The summed E-state index contributed by atoms with van der Waals surface area (Å²) in [6.45, 7) is 3.73. The molecule has 26 heavy (non-hydrogen) atoms. The molecule has 1 aliphatic heterocycles. The molecular formula is C17H26N5O4+. The average Bonchev–Trinajstić information content (AvgIpc) is 2.98. The first-order chi connectivity index (χ1) is 12.3. The summed E-state index contributed by atoms with van der Waals surface area (Å²) in [7, 11) is 4.32. The van der Waals surface area contributed by atoms with Gasteiger partial charge in [0.15, 0.2) is 17.0 Å². The number of quaternary nitrogens is 1. The Hall–Kier alpha value is -2.42. The number of aryl methyl sites for hydroxylation is 1. The fourth-order valence-electron chi connectivity index (χ4n) is 3.71. The van der Waals surface area contributed by atoms with Crippen LogP contribution in [0.15, 0.2) is 9.59 Å². The van der Waals surface area contributed by atoms with Crippen LogP contribution in [0, 0.1) is 0 Å². The molecule has 9 nitrogen and oxygen atoms in total. The Kier molecular flexibility index (Phi) is 4.99. The molecule has 1 aliphatic rings. The number of hydrogen-bond acceptors (Lipinski definition) is 5. The first-order valence-electron chi connectivity index (χ1n) is 8.91. The highest BCUT2D eigenvalue weighted by Gasteiger charge is 2.27. The van der Waals surface area contributed by atoms with Crippen LogP contribution in [0.3, 0.4) is 0 Å². The van der Waals surface area contributed by atoms with Gasteiger partial charge in [-0.05, 0) is 26.2 Å². The van der Waals surface area contributed by atoms with E-state index in [1.807, 2.05) is 0 Å². The Morgan fingerprint density at radius 1 is 1.27 bits per heavy atom. The molecule has 0 saturated carbocycles. The molecular weight excluding hydrogens is 338 g/mol. The summed E-state index contributed by atoms with van der Waals surface area (Å²) < 4.78 is 8.79. The van der Waals surface area contributed by atoms with E-state index in [0.29, 0.717) is 24.1 Å². The quantitative estimate of drug-likeness (QED) is 0.671. The van der Waals surface area contributed by atoms with Gasteiger partial charge in [0, 0.05) is 14.1 Å². The number of carbonyl (C=O) groups is 1. The number of methoxy groups -OCH3 is 1. The van der Waals surface area contributed by atoms with Crippen molar-refractivity contribution in [1.29, 1.82) is 0 Å². The van der Waals surface area contributed by atoms with E-state index in [0.717, 1.165) is 24.0 Å². The first kappa shape index (κ1) is 18.4. The van der Waals surface area contributed by atoms with Crippen molar-refractivity contribution in [2.75, 3.05) is 13.7 Å². The van der Waals surface area contributed by atoms with Crippen molar-refractivity contribution in [3.05, 3.63) is 26.7 Å². The third-order valence-corrected chi connectivity index (χ3v) is 5.41. The Morgan fingerprint density at radius 3 is 2.65 bits per heavy atom. The monoisotopic (exact) mass is 364 g/mol. The first-order valence-corrected chi connectivity index (χ1v) is 8.91. The van der Waals surface area contributed by atoms with Crippen molar-refractivity contribution in [2.45, 2.75) is 45.3 Å². The van der Waals surface area contributed by atoms with E-state index >= 15 is 0 Å². The van der Waals surface area contributed by atoms with Gasteiger partial charge < -0.3 is 14.2 Å². The van der Waals surface area contributed by atoms with Crippen molar-refractivity contribution in [3.8, 4) is 0 Å². The molecule has 3 rings (SSSR count). The minimum absolute atomic E-state index is 0.0998. The van der Waals surface area contributed by atoms with E-state index < -0.39 is 17.2 Å². The normalized spacial score (nSPS) is 20.5. The molecule has 2 atom stereocenters. The van der Waals surface area contributed by atoms with Gasteiger partial charge >= 0.3 is 11.7 Å². The lowest BCUT2D eigenvalue weighted by Gasteiger charge is -2.29. The standard InChI is InChI=1S/C17H25N5O4/c1-11-7-5-6-8-21(11)9-12-18-15-14(22(12)10-13(23)26-4)16(24)20(3)17(25)19(15)2/h11H,5-10H2,1-4H3/p+1/t11-/m0/s1. The van der Waals surface area contributed by atoms with Gasteiger partial charge in [0.05, 0.1) is 19.7 Å². The molecule has 2 aromatic rings. The van der Waals surface area contributed by atoms with Crippen LogP contribution in [0.2, 0.25) is 0 Å². The minimum atomic E-state index is -0.455. The highest BCUT2D eigenvalue weighted by atomic mass is 16.5. The molecule has 1 saturated heterocycles. The van der Waals surface area contributed by atoms with E-state index in [1.165, 1.54) is 30.0 Å². The Bertz CT molecular complexity index is 955. The number of nitrogens with zero attached hydrogens (tertiary/aromatic N) is 4. The van der Waals surface area contributed by atoms with Gasteiger partial charge in [-0.1, -0.05) is 0 Å². The zero-order valence-corrected chi connectivity index (χ0v) is 15.7. The summed E-state index contributed by atoms with van der Waals surface area (Å²) in [4.78, 5) is 42.8. The Morgan fingerprint density at radius 2 is 2.00 bits per heavy atom. The van der Waals surface area contributed by atoms with E-state index in [-0.39, 0.29) is 12.1 Å². The van der Waals surface area contributed by atoms with E-state index in [9.17, 15) is 14.4 Å². The molecule has 0 aromatic carbocycles. The lowest BCUT2D eigenvalue weighted by molar-refractivity contribution is -0.942. The Balaban J connectivity index is 2.17. The van der Waals surface area contributed by atoms with Gasteiger partial charge in [-0.3, -0.25) is 18.7 Å². The van der Waals surface area contributed by atoms with Crippen LogP contribution in [0.5, 0.6) is 0 Å². The molecule has 2 aromatic heterocycles. The fraction of sp³-hybridized carbons (Fsp3) is 0.647. The zero-order valence-electron chi connectivity index (χ0n) is 15.7. The molecule has 0 spiro atoms. The smallest absolute Gasteiger partial charge is 0.332 e. The third kappa shape index (κ3) is 3.07. The SMILES string of the molecule is COC(=O)Cn1c(C[NH+]2CCCC[C@@H]2C)nc2c1c(=O)n(C)c(=O)n2C. The van der Waals surface area contributed by atoms with Crippen molar-refractivity contribution >= 4 is 17.1 Å². The number of likely N-dealkylation sites (tertiary alicyclic amines) is 1. The van der Waals surface area contributed by atoms with Crippen LogP contribution in [-0.4, -0.2) is 44.4 Å². The molecule has 1 N–H and O–H groups in total. The summed E-state index contributed by atoms with van der Waals surface area (Å²) in [6, 6.07) is 0.488. The predicted molar refractivity (Wildman–Crippen MR) is 95.1 cm³/mol. The molecule has 0 amide bonds. The molecule has 142 valence electrons. The lowest BCUT2D eigenvalue weighted by atomic mass is 10.0. The number of hydrogen-bond donors (Lipinski definition) is 1. The zero-order chi connectivity index (χ0) is 19.0. The second-order valence-corrected chi connectivity index (χ2v) is 7.05.